The van der Waals surface area contributed by atoms with Gasteiger partial charge in [-0.3, -0.25) is 0 Å². The number of hydrogen-bond acceptors (Lipinski definition) is 3. The lowest BCUT2D eigenvalue weighted by Gasteiger charge is -2.15. The molecule has 1 unspecified atom stereocenters. The molecule has 17 heavy (non-hydrogen) atoms. The van der Waals surface area contributed by atoms with Gasteiger partial charge < -0.3 is 14.3 Å². The van der Waals surface area contributed by atoms with Crippen LogP contribution in [0.2, 0.25) is 0 Å². The van der Waals surface area contributed by atoms with Crippen molar-refractivity contribution in [3.05, 3.63) is 52.4 Å². The standard InChI is InChI=1S/C13H13BrO3/c1-2-17-12-4-3-10(14)7-11(12)13(15)9-5-6-16-8-9/h3-8,13,15H,2H2,1H3. The van der Waals surface area contributed by atoms with Crippen molar-refractivity contribution in [2.24, 2.45) is 0 Å². The SMILES string of the molecule is CCOc1ccc(Br)cc1C(O)c1ccoc1. The number of ether oxygens (including phenoxy) is 1. The molecule has 0 aliphatic carbocycles. The van der Waals surface area contributed by atoms with Crippen molar-refractivity contribution in [3.63, 3.8) is 0 Å². The van der Waals surface area contributed by atoms with E-state index in [1.54, 1.807) is 6.07 Å². The molecule has 1 aromatic carbocycles. The van der Waals surface area contributed by atoms with Crippen LogP contribution in [0.25, 0.3) is 0 Å². The van der Waals surface area contributed by atoms with Gasteiger partial charge in [0.15, 0.2) is 0 Å². The molecule has 0 aliphatic heterocycles. The van der Waals surface area contributed by atoms with Crippen molar-refractivity contribution < 1.29 is 14.3 Å². The van der Waals surface area contributed by atoms with Gasteiger partial charge in [-0.05, 0) is 31.2 Å². The summed E-state index contributed by atoms with van der Waals surface area (Å²) in [4.78, 5) is 0. The summed E-state index contributed by atoms with van der Waals surface area (Å²) in [5, 5.41) is 10.3. The topological polar surface area (TPSA) is 42.6 Å². The molecule has 0 bridgehead atoms. The van der Waals surface area contributed by atoms with Gasteiger partial charge in [0.2, 0.25) is 0 Å². The molecule has 0 saturated carbocycles. The lowest BCUT2D eigenvalue weighted by Crippen LogP contribution is -2.03. The predicted molar refractivity (Wildman–Crippen MR) is 68.1 cm³/mol. The maximum atomic E-state index is 10.3. The van der Waals surface area contributed by atoms with Crippen LogP contribution in [0.3, 0.4) is 0 Å². The highest BCUT2D eigenvalue weighted by atomic mass is 79.9. The van der Waals surface area contributed by atoms with Gasteiger partial charge in [0.25, 0.3) is 0 Å². The summed E-state index contributed by atoms with van der Waals surface area (Å²) in [6.07, 6.45) is 2.32. The average molecular weight is 297 g/mol. The van der Waals surface area contributed by atoms with Crippen LogP contribution in [0.5, 0.6) is 5.75 Å². The van der Waals surface area contributed by atoms with Crippen molar-refractivity contribution in [3.8, 4) is 5.75 Å². The Morgan fingerprint density at radius 3 is 2.88 bits per heavy atom. The first-order chi connectivity index (χ1) is 8.22. The molecule has 1 N–H and O–H groups in total. The Morgan fingerprint density at radius 2 is 2.24 bits per heavy atom. The maximum Gasteiger partial charge on any atom is 0.125 e. The van der Waals surface area contributed by atoms with E-state index in [-0.39, 0.29) is 0 Å². The third kappa shape index (κ3) is 2.70. The van der Waals surface area contributed by atoms with Gasteiger partial charge in [-0.2, -0.15) is 0 Å². The van der Waals surface area contributed by atoms with Gasteiger partial charge in [0.05, 0.1) is 19.1 Å². The molecule has 0 spiro atoms. The van der Waals surface area contributed by atoms with Crippen molar-refractivity contribution in [1.82, 2.24) is 0 Å². The summed E-state index contributed by atoms with van der Waals surface area (Å²) in [6, 6.07) is 7.31. The Morgan fingerprint density at radius 1 is 1.41 bits per heavy atom. The van der Waals surface area contributed by atoms with Crippen molar-refractivity contribution >= 4 is 15.9 Å². The van der Waals surface area contributed by atoms with Crippen LogP contribution in [-0.2, 0) is 0 Å². The summed E-state index contributed by atoms with van der Waals surface area (Å²) < 4.78 is 11.4. The van der Waals surface area contributed by atoms with E-state index in [1.807, 2.05) is 25.1 Å². The van der Waals surface area contributed by atoms with Crippen LogP contribution < -0.4 is 4.74 Å². The van der Waals surface area contributed by atoms with E-state index in [0.29, 0.717) is 17.9 Å². The summed E-state index contributed by atoms with van der Waals surface area (Å²) in [7, 11) is 0. The van der Waals surface area contributed by atoms with E-state index < -0.39 is 6.10 Å². The van der Waals surface area contributed by atoms with Crippen molar-refractivity contribution in [1.29, 1.82) is 0 Å². The zero-order valence-electron chi connectivity index (χ0n) is 9.39. The monoisotopic (exact) mass is 296 g/mol. The second kappa shape index (κ2) is 5.38. The van der Waals surface area contributed by atoms with Crippen LogP contribution in [0, 0.1) is 0 Å². The highest BCUT2D eigenvalue weighted by molar-refractivity contribution is 9.10. The lowest BCUT2D eigenvalue weighted by atomic mass is 10.0. The van der Waals surface area contributed by atoms with Crippen LogP contribution in [-0.4, -0.2) is 11.7 Å². The first-order valence-corrected chi connectivity index (χ1v) is 6.14. The van der Waals surface area contributed by atoms with Crippen LogP contribution in [0.1, 0.15) is 24.2 Å². The zero-order valence-corrected chi connectivity index (χ0v) is 11.0. The van der Waals surface area contributed by atoms with Gasteiger partial charge in [-0.1, -0.05) is 15.9 Å². The van der Waals surface area contributed by atoms with E-state index in [0.717, 1.165) is 10.0 Å². The Labute approximate surface area is 108 Å². The fourth-order valence-electron chi connectivity index (χ4n) is 1.63. The fraction of sp³-hybridized carbons (Fsp3) is 0.231. The predicted octanol–water partition coefficient (Wildman–Crippen LogP) is 3.52. The van der Waals surface area contributed by atoms with Crippen LogP contribution in [0.4, 0.5) is 0 Å². The molecule has 4 heteroatoms. The summed E-state index contributed by atoms with van der Waals surface area (Å²) in [6.45, 7) is 2.47. The van der Waals surface area contributed by atoms with Gasteiger partial charge in [0, 0.05) is 15.6 Å². The Kier molecular flexibility index (Phi) is 3.86. The van der Waals surface area contributed by atoms with Crippen molar-refractivity contribution in [2.45, 2.75) is 13.0 Å². The molecule has 2 aromatic rings. The normalized spacial score (nSPS) is 12.4. The largest absolute Gasteiger partial charge is 0.493 e. The number of benzene rings is 1. The van der Waals surface area contributed by atoms with E-state index in [9.17, 15) is 5.11 Å². The molecule has 3 nitrogen and oxygen atoms in total. The zero-order chi connectivity index (χ0) is 12.3. The third-order valence-corrected chi connectivity index (χ3v) is 2.92. The minimum Gasteiger partial charge on any atom is -0.493 e. The Balaban J connectivity index is 2.38. The molecule has 1 atom stereocenters. The molecule has 0 amide bonds. The number of halogens is 1. The summed E-state index contributed by atoms with van der Waals surface area (Å²) >= 11 is 3.39. The summed E-state index contributed by atoms with van der Waals surface area (Å²) in [5.74, 6) is 0.685. The molecule has 2 rings (SSSR count). The number of furan rings is 1. The Hall–Kier alpha value is -1.26. The van der Waals surface area contributed by atoms with Crippen LogP contribution >= 0.6 is 15.9 Å². The number of hydrogen-bond donors (Lipinski definition) is 1. The smallest absolute Gasteiger partial charge is 0.125 e. The molecule has 1 heterocycles. The molecular formula is C13H13BrO3. The first-order valence-electron chi connectivity index (χ1n) is 5.34. The second-order valence-electron chi connectivity index (χ2n) is 3.57. The Bertz CT molecular complexity index is 479. The van der Waals surface area contributed by atoms with Crippen molar-refractivity contribution in [2.75, 3.05) is 6.61 Å². The highest BCUT2D eigenvalue weighted by Gasteiger charge is 2.17. The molecule has 0 fully saturated rings. The first kappa shape index (κ1) is 12.2. The number of aliphatic hydroxyl groups excluding tert-OH is 1. The van der Waals surface area contributed by atoms with Gasteiger partial charge in [-0.25, -0.2) is 0 Å². The van der Waals surface area contributed by atoms with Crippen LogP contribution in [0.15, 0.2) is 45.7 Å². The highest BCUT2D eigenvalue weighted by Crippen LogP contribution is 2.32. The second-order valence-corrected chi connectivity index (χ2v) is 4.49. The molecule has 90 valence electrons. The third-order valence-electron chi connectivity index (χ3n) is 2.43. The van der Waals surface area contributed by atoms with Gasteiger partial charge in [0.1, 0.15) is 11.9 Å². The van der Waals surface area contributed by atoms with E-state index in [4.69, 9.17) is 9.15 Å². The molecule has 1 aromatic heterocycles. The van der Waals surface area contributed by atoms with Gasteiger partial charge in [-0.15, -0.1) is 0 Å². The van der Waals surface area contributed by atoms with E-state index in [2.05, 4.69) is 15.9 Å². The number of rotatable bonds is 4. The summed E-state index contributed by atoms with van der Waals surface area (Å²) in [5.41, 5.74) is 1.44. The quantitative estimate of drug-likeness (QED) is 0.939. The number of aliphatic hydroxyl groups is 1. The lowest BCUT2D eigenvalue weighted by molar-refractivity contribution is 0.211. The molecule has 0 aliphatic rings. The fourth-order valence-corrected chi connectivity index (χ4v) is 2.01. The molecule has 0 radical (unpaired) electrons. The molecular weight excluding hydrogens is 284 g/mol. The van der Waals surface area contributed by atoms with Gasteiger partial charge >= 0.3 is 0 Å². The van der Waals surface area contributed by atoms with E-state index in [1.165, 1.54) is 12.5 Å². The molecule has 0 saturated heterocycles. The average Bonchev–Trinajstić information content (AvgIpc) is 2.84. The minimum atomic E-state index is -0.743. The minimum absolute atomic E-state index is 0.562. The van der Waals surface area contributed by atoms with E-state index >= 15 is 0 Å². The maximum absolute atomic E-state index is 10.3.